The number of rotatable bonds is 5. The molecule has 1 N–H and O–H groups in total. The molecule has 0 aromatic rings. The molecule has 2 fully saturated rings. The summed E-state index contributed by atoms with van der Waals surface area (Å²) in [6, 6.07) is 0.447. The fraction of sp³-hybridized carbons (Fsp3) is 0.941. The molecule has 116 valence electrons. The first-order valence-electron chi connectivity index (χ1n) is 8.64. The zero-order chi connectivity index (χ0) is 14.7. The molecule has 3 atom stereocenters. The third-order valence-electron chi connectivity index (χ3n) is 5.20. The fourth-order valence-electron chi connectivity index (χ4n) is 3.98. The van der Waals surface area contributed by atoms with Crippen molar-refractivity contribution >= 4 is 5.91 Å². The quantitative estimate of drug-likeness (QED) is 0.835. The van der Waals surface area contributed by atoms with Gasteiger partial charge in [0.1, 0.15) is 0 Å². The monoisotopic (exact) mass is 280 g/mol. The summed E-state index contributed by atoms with van der Waals surface area (Å²) in [7, 11) is 0. The molecule has 3 heteroatoms. The van der Waals surface area contributed by atoms with E-state index in [0.29, 0.717) is 23.8 Å². The van der Waals surface area contributed by atoms with Gasteiger partial charge in [0, 0.05) is 6.04 Å². The van der Waals surface area contributed by atoms with Gasteiger partial charge in [-0.1, -0.05) is 46.5 Å². The van der Waals surface area contributed by atoms with Crippen LogP contribution in [0.3, 0.4) is 0 Å². The molecule has 0 bridgehead atoms. The Hall–Kier alpha value is -0.570. The number of nitrogens with one attached hydrogen (secondary N) is 1. The number of nitrogens with zero attached hydrogens (tertiary/aromatic N) is 1. The van der Waals surface area contributed by atoms with Crippen molar-refractivity contribution in [2.24, 2.45) is 11.8 Å². The predicted octanol–water partition coefficient (Wildman–Crippen LogP) is 3.54. The van der Waals surface area contributed by atoms with Crippen LogP contribution in [-0.4, -0.2) is 29.1 Å². The second-order valence-electron chi connectivity index (χ2n) is 7.08. The third-order valence-corrected chi connectivity index (χ3v) is 5.20. The third kappa shape index (κ3) is 3.19. The van der Waals surface area contributed by atoms with Crippen molar-refractivity contribution in [2.45, 2.75) is 90.9 Å². The van der Waals surface area contributed by atoms with Crippen LogP contribution in [-0.2, 0) is 4.79 Å². The van der Waals surface area contributed by atoms with Gasteiger partial charge in [0.15, 0.2) is 0 Å². The van der Waals surface area contributed by atoms with Crippen LogP contribution in [0.4, 0.5) is 0 Å². The van der Waals surface area contributed by atoms with Crippen molar-refractivity contribution < 1.29 is 4.79 Å². The standard InChI is InChI=1S/C17H32N2O/c1-5-9-15-17(20)19(16(18-15)12(2)3)13(4)14-10-7-6-8-11-14/h12-16,18H,5-11H2,1-4H3. The Morgan fingerprint density at radius 3 is 2.40 bits per heavy atom. The van der Waals surface area contributed by atoms with Crippen LogP contribution in [0.5, 0.6) is 0 Å². The van der Waals surface area contributed by atoms with E-state index in [1.54, 1.807) is 0 Å². The van der Waals surface area contributed by atoms with E-state index in [4.69, 9.17) is 0 Å². The van der Waals surface area contributed by atoms with E-state index in [-0.39, 0.29) is 12.2 Å². The van der Waals surface area contributed by atoms with Crippen LogP contribution in [0.15, 0.2) is 0 Å². The van der Waals surface area contributed by atoms with E-state index >= 15 is 0 Å². The number of hydrogen-bond donors (Lipinski definition) is 1. The van der Waals surface area contributed by atoms with Crippen LogP contribution >= 0.6 is 0 Å². The number of hydrogen-bond acceptors (Lipinski definition) is 2. The van der Waals surface area contributed by atoms with Gasteiger partial charge in [-0.2, -0.15) is 0 Å². The lowest BCUT2D eigenvalue weighted by atomic mass is 9.83. The topological polar surface area (TPSA) is 32.3 Å². The Morgan fingerprint density at radius 1 is 1.20 bits per heavy atom. The summed E-state index contributed by atoms with van der Waals surface area (Å²) in [5.41, 5.74) is 0. The first kappa shape index (κ1) is 15.8. The maximum absolute atomic E-state index is 12.8. The molecule has 2 aliphatic rings. The summed E-state index contributed by atoms with van der Waals surface area (Å²) in [6.07, 6.45) is 8.93. The SMILES string of the molecule is CCCC1NC(C(C)C)N(C(C)C2CCCCC2)C1=O. The molecule has 3 unspecified atom stereocenters. The van der Waals surface area contributed by atoms with Gasteiger partial charge in [-0.05, 0) is 38.0 Å². The fourth-order valence-corrected chi connectivity index (χ4v) is 3.98. The minimum absolute atomic E-state index is 0.0541. The average molecular weight is 280 g/mol. The van der Waals surface area contributed by atoms with Crippen LogP contribution in [0, 0.1) is 11.8 Å². The minimum Gasteiger partial charge on any atom is -0.323 e. The molecular formula is C17H32N2O. The molecule has 1 heterocycles. The minimum atomic E-state index is 0.0541. The maximum atomic E-state index is 12.8. The van der Waals surface area contributed by atoms with Crippen molar-refractivity contribution in [1.82, 2.24) is 10.2 Å². The van der Waals surface area contributed by atoms with Crippen molar-refractivity contribution in [3.8, 4) is 0 Å². The van der Waals surface area contributed by atoms with Gasteiger partial charge in [-0.3, -0.25) is 10.1 Å². The van der Waals surface area contributed by atoms with Gasteiger partial charge < -0.3 is 4.90 Å². The molecule has 0 radical (unpaired) electrons. The first-order valence-corrected chi connectivity index (χ1v) is 8.64. The highest BCUT2D eigenvalue weighted by Crippen LogP contribution is 2.32. The zero-order valence-electron chi connectivity index (χ0n) is 13.7. The average Bonchev–Trinajstić information content (AvgIpc) is 2.77. The second-order valence-corrected chi connectivity index (χ2v) is 7.08. The zero-order valence-corrected chi connectivity index (χ0v) is 13.7. The van der Waals surface area contributed by atoms with Crippen LogP contribution in [0.1, 0.15) is 72.6 Å². The lowest BCUT2D eigenvalue weighted by molar-refractivity contribution is -0.134. The highest BCUT2D eigenvalue weighted by Gasteiger charge is 2.43. The van der Waals surface area contributed by atoms with Crippen LogP contribution < -0.4 is 5.32 Å². The Bertz CT molecular complexity index is 323. The molecule has 3 nitrogen and oxygen atoms in total. The van der Waals surface area contributed by atoms with E-state index < -0.39 is 0 Å². The molecule has 1 saturated heterocycles. The Labute approximate surface area is 124 Å². The number of carbonyl (C=O) groups is 1. The molecule has 0 aromatic heterocycles. The van der Waals surface area contributed by atoms with Gasteiger partial charge in [0.25, 0.3) is 0 Å². The summed E-state index contributed by atoms with van der Waals surface area (Å²) >= 11 is 0. The molecular weight excluding hydrogens is 248 g/mol. The van der Waals surface area contributed by atoms with Crippen LogP contribution in [0.25, 0.3) is 0 Å². The summed E-state index contributed by atoms with van der Waals surface area (Å²) < 4.78 is 0. The molecule has 1 amide bonds. The predicted molar refractivity (Wildman–Crippen MR) is 83.3 cm³/mol. The summed E-state index contributed by atoms with van der Waals surface area (Å²) in [5.74, 6) is 1.53. The molecule has 0 spiro atoms. The van der Waals surface area contributed by atoms with Crippen molar-refractivity contribution in [2.75, 3.05) is 0 Å². The Kier molecular flexibility index (Phi) is 5.48. The maximum Gasteiger partial charge on any atom is 0.241 e. The molecule has 0 aromatic carbocycles. The molecule has 1 aliphatic carbocycles. The molecule has 1 saturated carbocycles. The number of amides is 1. The van der Waals surface area contributed by atoms with Gasteiger partial charge >= 0.3 is 0 Å². The van der Waals surface area contributed by atoms with E-state index in [1.807, 2.05) is 0 Å². The van der Waals surface area contributed by atoms with Gasteiger partial charge in [-0.15, -0.1) is 0 Å². The Morgan fingerprint density at radius 2 is 1.85 bits per heavy atom. The van der Waals surface area contributed by atoms with Gasteiger partial charge in [0.05, 0.1) is 12.2 Å². The van der Waals surface area contributed by atoms with Gasteiger partial charge in [-0.25, -0.2) is 0 Å². The first-order chi connectivity index (χ1) is 9.56. The smallest absolute Gasteiger partial charge is 0.241 e. The lowest BCUT2D eigenvalue weighted by Gasteiger charge is -2.38. The second kappa shape index (κ2) is 6.93. The molecule has 20 heavy (non-hydrogen) atoms. The summed E-state index contributed by atoms with van der Waals surface area (Å²) in [6.45, 7) is 8.88. The highest BCUT2D eigenvalue weighted by atomic mass is 16.2. The summed E-state index contributed by atoms with van der Waals surface area (Å²) in [5, 5.41) is 3.59. The normalized spacial score (nSPS) is 30.2. The van der Waals surface area contributed by atoms with Crippen LogP contribution in [0.2, 0.25) is 0 Å². The van der Waals surface area contributed by atoms with E-state index in [0.717, 1.165) is 12.8 Å². The Balaban J connectivity index is 2.10. The van der Waals surface area contributed by atoms with Crippen molar-refractivity contribution in [3.05, 3.63) is 0 Å². The molecule has 2 rings (SSSR count). The lowest BCUT2D eigenvalue weighted by Crippen LogP contribution is -2.49. The van der Waals surface area contributed by atoms with Crippen molar-refractivity contribution in [3.63, 3.8) is 0 Å². The largest absolute Gasteiger partial charge is 0.323 e. The molecule has 1 aliphatic heterocycles. The van der Waals surface area contributed by atoms with E-state index in [2.05, 4.69) is 37.9 Å². The van der Waals surface area contributed by atoms with E-state index in [9.17, 15) is 4.79 Å². The highest BCUT2D eigenvalue weighted by molar-refractivity contribution is 5.84. The number of carbonyl (C=O) groups excluding carboxylic acids is 1. The van der Waals surface area contributed by atoms with E-state index in [1.165, 1.54) is 32.1 Å². The van der Waals surface area contributed by atoms with Crippen molar-refractivity contribution in [1.29, 1.82) is 0 Å². The summed E-state index contributed by atoms with van der Waals surface area (Å²) in [4.78, 5) is 15.0. The van der Waals surface area contributed by atoms with Gasteiger partial charge in [0.2, 0.25) is 5.91 Å².